The predicted molar refractivity (Wildman–Crippen MR) is 57.4 cm³/mol. The Morgan fingerprint density at radius 3 is 2.60 bits per heavy atom. The molecule has 0 N–H and O–H groups in total. The van der Waals surface area contributed by atoms with Crippen LogP contribution in [0.25, 0.3) is 12.2 Å². The lowest BCUT2D eigenvalue weighted by atomic mass is 10.1. The Hall–Kier alpha value is -2.03. The van der Waals surface area contributed by atoms with E-state index in [9.17, 15) is 4.39 Å². The highest BCUT2D eigenvalue weighted by atomic mass is 19.1. The van der Waals surface area contributed by atoms with Crippen LogP contribution in [0.3, 0.4) is 0 Å². The average Bonchev–Trinajstić information content (AvgIpc) is 2.29. The summed E-state index contributed by atoms with van der Waals surface area (Å²) in [7, 11) is 0. The number of hydrogen-bond donors (Lipinski definition) is 0. The van der Waals surface area contributed by atoms with Crippen molar-refractivity contribution in [3.63, 3.8) is 0 Å². The van der Waals surface area contributed by atoms with Crippen molar-refractivity contribution in [3.8, 4) is 0 Å². The molecule has 0 radical (unpaired) electrons. The van der Waals surface area contributed by atoms with Gasteiger partial charge in [-0.05, 0) is 17.7 Å². The minimum absolute atomic E-state index is 0.226. The summed E-state index contributed by atoms with van der Waals surface area (Å²) in [6.07, 6.45) is 6.73. The summed E-state index contributed by atoms with van der Waals surface area (Å²) in [5, 5.41) is 7.38. The molecule has 1 aromatic heterocycles. The lowest BCUT2D eigenvalue weighted by Crippen LogP contribution is -1.81. The van der Waals surface area contributed by atoms with Gasteiger partial charge in [0.05, 0.1) is 12.4 Å². The third-order valence-corrected chi connectivity index (χ3v) is 1.97. The topological polar surface area (TPSA) is 25.8 Å². The smallest absolute Gasteiger partial charge is 0.130 e. The monoisotopic (exact) mass is 200 g/mol. The molecule has 1 aromatic carbocycles. The molecule has 0 aliphatic carbocycles. The normalized spacial score (nSPS) is 10.7. The maximum absolute atomic E-state index is 13.2. The van der Waals surface area contributed by atoms with Crippen LogP contribution in [0.5, 0.6) is 0 Å². The zero-order valence-corrected chi connectivity index (χ0v) is 7.97. The van der Waals surface area contributed by atoms with Crippen molar-refractivity contribution in [1.29, 1.82) is 0 Å². The molecule has 0 aliphatic rings. The molecule has 0 saturated carbocycles. The van der Waals surface area contributed by atoms with Crippen LogP contribution in [-0.4, -0.2) is 10.2 Å². The van der Waals surface area contributed by atoms with Gasteiger partial charge in [0.15, 0.2) is 0 Å². The van der Waals surface area contributed by atoms with Crippen molar-refractivity contribution in [3.05, 3.63) is 59.7 Å². The Morgan fingerprint density at radius 2 is 1.87 bits per heavy atom. The number of nitrogens with zero attached hydrogens (tertiary/aromatic N) is 2. The summed E-state index contributed by atoms with van der Waals surface area (Å²) in [5.41, 5.74) is 1.46. The molecule has 1 heterocycles. The second-order valence-electron chi connectivity index (χ2n) is 3.03. The molecule has 2 nitrogen and oxygen atoms in total. The van der Waals surface area contributed by atoms with Gasteiger partial charge in [-0.25, -0.2) is 4.39 Å². The van der Waals surface area contributed by atoms with E-state index in [1.165, 1.54) is 6.07 Å². The number of hydrogen-bond acceptors (Lipinski definition) is 2. The summed E-state index contributed by atoms with van der Waals surface area (Å²) < 4.78 is 13.2. The summed E-state index contributed by atoms with van der Waals surface area (Å²) in [4.78, 5) is 0. The fourth-order valence-corrected chi connectivity index (χ4v) is 1.20. The van der Waals surface area contributed by atoms with Crippen LogP contribution >= 0.6 is 0 Å². The number of aromatic nitrogens is 2. The van der Waals surface area contributed by atoms with Gasteiger partial charge in [-0.15, -0.1) is 0 Å². The Labute approximate surface area is 87.1 Å². The van der Waals surface area contributed by atoms with Crippen molar-refractivity contribution in [2.75, 3.05) is 0 Å². The highest BCUT2D eigenvalue weighted by molar-refractivity contribution is 5.69. The highest BCUT2D eigenvalue weighted by Crippen LogP contribution is 2.10. The predicted octanol–water partition coefficient (Wildman–Crippen LogP) is 2.79. The summed E-state index contributed by atoms with van der Waals surface area (Å²) >= 11 is 0. The van der Waals surface area contributed by atoms with Crippen LogP contribution in [-0.2, 0) is 0 Å². The first kappa shape index (κ1) is 9.52. The van der Waals surface area contributed by atoms with Crippen molar-refractivity contribution in [2.24, 2.45) is 0 Å². The van der Waals surface area contributed by atoms with Crippen molar-refractivity contribution >= 4 is 12.2 Å². The van der Waals surface area contributed by atoms with E-state index < -0.39 is 0 Å². The van der Waals surface area contributed by atoms with E-state index in [0.717, 1.165) is 5.56 Å². The zero-order valence-electron chi connectivity index (χ0n) is 7.97. The molecule has 2 rings (SSSR count). The largest absolute Gasteiger partial charge is 0.206 e. The van der Waals surface area contributed by atoms with Crippen LogP contribution < -0.4 is 0 Å². The summed E-state index contributed by atoms with van der Waals surface area (Å²) in [5.74, 6) is -0.226. The fourth-order valence-electron chi connectivity index (χ4n) is 1.20. The first-order chi connectivity index (χ1) is 7.36. The van der Waals surface area contributed by atoms with E-state index in [4.69, 9.17) is 0 Å². The van der Waals surface area contributed by atoms with Gasteiger partial charge in [0.25, 0.3) is 0 Å². The lowest BCUT2D eigenvalue weighted by molar-refractivity contribution is 0.625. The molecule has 0 amide bonds. The van der Waals surface area contributed by atoms with Crippen molar-refractivity contribution < 1.29 is 4.39 Å². The molecule has 74 valence electrons. The van der Waals surface area contributed by atoms with Crippen LogP contribution in [0.2, 0.25) is 0 Å². The summed E-state index contributed by atoms with van der Waals surface area (Å²) in [6, 6.07) is 8.43. The molecule has 0 spiro atoms. The molecule has 0 bridgehead atoms. The van der Waals surface area contributed by atoms with Crippen LogP contribution in [0.15, 0.2) is 42.7 Å². The minimum Gasteiger partial charge on any atom is -0.206 e. The van der Waals surface area contributed by atoms with Crippen LogP contribution in [0.4, 0.5) is 4.39 Å². The molecule has 15 heavy (non-hydrogen) atoms. The van der Waals surface area contributed by atoms with Gasteiger partial charge in [0.1, 0.15) is 5.82 Å². The van der Waals surface area contributed by atoms with E-state index in [0.29, 0.717) is 5.56 Å². The maximum atomic E-state index is 13.2. The average molecular weight is 200 g/mol. The second-order valence-corrected chi connectivity index (χ2v) is 3.03. The Balaban J connectivity index is 2.23. The molecule has 3 heteroatoms. The first-order valence-corrected chi connectivity index (χ1v) is 4.55. The summed E-state index contributed by atoms with van der Waals surface area (Å²) in [6.45, 7) is 0. The standard InChI is InChI=1S/C12H9FN2/c13-12-4-2-1-3-11(12)6-5-10-7-8-14-15-9-10/h1-9H/b6-5-. The van der Waals surface area contributed by atoms with Gasteiger partial charge in [0.2, 0.25) is 0 Å². The molecular weight excluding hydrogens is 191 g/mol. The second kappa shape index (κ2) is 4.46. The SMILES string of the molecule is Fc1ccccc1/C=C\c1ccnnc1. The van der Waals surface area contributed by atoms with Gasteiger partial charge in [-0.1, -0.05) is 30.4 Å². The van der Waals surface area contributed by atoms with E-state index in [2.05, 4.69) is 10.2 Å². The van der Waals surface area contributed by atoms with Gasteiger partial charge >= 0.3 is 0 Å². The minimum atomic E-state index is -0.226. The van der Waals surface area contributed by atoms with Gasteiger partial charge in [0, 0.05) is 5.56 Å². The first-order valence-electron chi connectivity index (χ1n) is 4.55. The molecule has 0 unspecified atom stereocenters. The quantitative estimate of drug-likeness (QED) is 0.744. The number of benzene rings is 1. The fraction of sp³-hybridized carbons (Fsp3) is 0. The zero-order chi connectivity index (χ0) is 10.5. The third-order valence-electron chi connectivity index (χ3n) is 1.97. The van der Waals surface area contributed by atoms with Gasteiger partial charge < -0.3 is 0 Å². The Morgan fingerprint density at radius 1 is 1.00 bits per heavy atom. The molecule has 0 atom stereocenters. The van der Waals surface area contributed by atoms with E-state index in [-0.39, 0.29) is 5.82 Å². The molecular formula is C12H9FN2. The van der Waals surface area contributed by atoms with Gasteiger partial charge in [-0.3, -0.25) is 0 Å². The van der Waals surface area contributed by atoms with Crippen molar-refractivity contribution in [1.82, 2.24) is 10.2 Å². The van der Waals surface area contributed by atoms with E-state index in [1.807, 2.05) is 6.07 Å². The molecule has 0 saturated heterocycles. The third kappa shape index (κ3) is 2.47. The number of halogens is 1. The van der Waals surface area contributed by atoms with Crippen LogP contribution in [0, 0.1) is 5.82 Å². The molecule has 0 aliphatic heterocycles. The Bertz CT molecular complexity index is 466. The van der Waals surface area contributed by atoms with E-state index >= 15 is 0 Å². The maximum Gasteiger partial charge on any atom is 0.130 e. The number of rotatable bonds is 2. The van der Waals surface area contributed by atoms with Crippen LogP contribution in [0.1, 0.15) is 11.1 Å². The Kier molecular flexibility index (Phi) is 2.83. The van der Waals surface area contributed by atoms with Crippen molar-refractivity contribution in [2.45, 2.75) is 0 Å². The van der Waals surface area contributed by atoms with E-state index in [1.54, 1.807) is 42.7 Å². The lowest BCUT2D eigenvalue weighted by Gasteiger charge is -1.95. The highest BCUT2D eigenvalue weighted by Gasteiger charge is 1.94. The van der Waals surface area contributed by atoms with Gasteiger partial charge in [-0.2, -0.15) is 10.2 Å². The molecule has 0 fully saturated rings. The molecule has 2 aromatic rings.